The molecule has 4 aromatic rings. The zero-order valence-electron chi connectivity index (χ0n) is 18.6. The van der Waals surface area contributed by atoms with Gasteiger partial charge < -0.3 is 9.64 Å². The Hall–Kier alpha value is -3.10. The van der Waals surface area contributed by atoms with Gasteiger partial charge in [-0.1, -0.05) is 47.7 Å². The van der Waals surface area contributed by atoms with Gasteiger partial charge in [0.15, 0.2) is 5.16 Å². The van der Waals surface area contributed by atoms with Crippen LogP contribution >= 0.6 is 23.1 Å². The zero-order chi connectivity index (χ0) is 23.1. The van der Waals surface area contributed by atoms with Gasteiger partial charge in [0.05, 0.1) is 23.5 Å². The number of carbonyl (C=O) groups is 1. The van der Waals surface area contributed by atoms with Gasteiger partial charge in [-0.25, -0.2) is 4.98 Å². The fraction of sp³-hybridized carbons (Fsp3) is 0.240. The van der Waals surface area contributed by atoms with Crippen molar-refractivity contribution < 1.29 is 9.53 Å². The van der Waals surface area contributed by atoms with Crippen LogP contribution in [-0.4, -0.2) is 34.4 Å². The Bertz CT molecular complexity index is 1420. The van der Waals surface area contributed by atoms with Crippen LogP contribution in [0.3, 0.4) is 0 Å². The number of anilines is 1. The summed E-state index contributed by atoms with van der Waals surface area (Å²) in [5, 5.41) is 2.52. The monoisotopic (exact) mass is 477 g/mol. The molecule has 33 heavy (non-hydrogen) atoms. The number of ether oxygens (including phenoxy) is 1. The Kier molecular flexibility index (Phi) is 5.72. The number of aryl methyl sites for hydroxylation is 2. The smallest absolute Gasteiger partial charge is 0.271 e. The van der Waals surface area contributed by atoms with Crippen LogP contribution in [-0.2, 0) is 11.8 Å². The third kappa shape index (κ3) is 4.05. The number of rotatable bonds is 4. The van der Waals surface area contributed by atoms with Crippen molar-refractivity contribution in [2.24, 2.45) is 7.05 Å². The fourth-order valence-electron chi connectivity index (χ4n) is 3.88. The Morgan fingerprint density at radius 3 is 2.70 bits per heavy atom. The lowest BCUT2D eigenvalue weighted by Gasteiger charge is -2.29. The quantitative estimate of drug-likeness (QED) is 0.312. The number of amides is 1. The second kappa shape index (κ2) is 8.68. The lowest BCUT2D eigenvalue weighted by Crippen LogP contribution is -2.39. The number of fused-ring (bicyclic) bond motifs is 2. The highest BCUT2D eigenvalue weighted by Crippen LogP contribution is 2.34. The molecule has 2 aromatic carbocycles. The summed E-state index contributed by atoms with van der Waals surface area (Å²) >= 11 is 2.70. The van der Waals surface area contributed by atoms with E-state index in [2.05, 4.69) is 12.1 Å². The Morgan fingerprint density at radius 2 is 1.91 bits per heavy atom. The highest BCUT2D eigenvalue weighted by molar-refractivity contribution is 7.99. The van der Waals surface area contributed by atoms with Gasteiger partial charge in [0.2, 0.25) is 5.91 Å². The van der Waals surface area contributed by atoms with Crippen LogP contribution in [0.1, 0.15) is 11.1 Å². The molecule has 0 N–H and O–H groups in total. The van der Waals surface area contributed by atoms with Crippen LogP contribution in [0.2, 0.25) is 0 Å². The van der Waals surface area contributed by atoms with E-state index < -0.39 is 0 Å². The second-order valence-electron chi connectivity index (χ2n) is 8.11. The van der Waals surface area contributed by atoms with Crippen molar-refractivity contribution in [1.29, 1.82) is 0 Å². The van der Waals surface area contributed by atoms with Crippen molar-refractivity contribution in [3.63, 3.8) is 0 Å². The van der Waals surface area contributed by atoms with E-state index in [0.29, 0.717) is 28.5 Å². The molecule has 0 radical (unpaired) electrons. The number of aromatic nitrogens is 2. The molecule has 8 heteroatoms. The van der Waals surface area contributed by atoms with E-state index in [4.69, 9.17) is 9.72 Å². The van der Waals surface area contributed by atoms with E-state index in [1.807, 2.05) is 49.6 Å². The molecule has 6 nitrogen and oxygen atoms in total. The molecule has 168 valence electrons. The normalized spacial score (nSPS) is 13.1. The minimum atomic E-state index is -0.0920. The molecule has 3 heterocycles. The average molecular weight is 478 g/mol. The lowest BCUT2D eigenvalue weighted by atomic mass is 10.1. The topological polar surface area (TPSA) is 64.4 Å². The van der Waals surface area contributed by atoms with Crippen LogP contribution in [0, 0.1) is 13.8 Å². The lowest BCUT2D eigenvalue weighted by molar-refractivity contribution is -0.116. The van der Waals surface area contributed by atoms with Gasteiger partial charge in [-0.3, -0.25) is 14.2 Å². The summed E-state index contributed by atoms with van der Waals surface area (Å²) in [4.78, 5) is 32.7. The Morgan fingerprint density at radius 1 is 1.15 bits per heavy atom. The molecule has 0 saturated heterocycles. The number of thioether (sulfide) groups is 1. The first-order valence-electron chi connectivity index (χ1n) is 10.6. The van der Waals surface area contributed by atoms with Crippen LogP contribution in [0.15, 0.2) is 57.8 Å². The van der Waals surface area contributed by atoms with Crippen molar-refractivity contribution >= 4 is 44.9 Å². The fourth-order valence-corrected chi connectivity index (χ4v) is 5.71. The molecule has 0 aliphatic carbocycles. The van der Waals surface area contributed by atoms with E-state index in [1.165, 1.54) is 33.2 Å². The average Bonchev–Trinajstić information content (AvgIpc) is 3.24. The molecule has 0 saturated carbocycles. The largest absolute Gasteiger partial charge is 0.490 e. The summed E-state index contributed by atoms with van der Waals surface area (Å²) in [6, 6.07) is 14.0. The van der Waals surface area contributed by atoms with Gasteiger partial charge >= 0.3 is 0 Å². The number of hydrogen-bond acceptors (Lipinski definition) is 6. The van der Waals surface area contributed by atoms with Crippen molar-refractivity contribution in [3.05, 3.63) is 69.3 Å². The van der Waals surface area contributed by atoms with Crippen molar-refractivity contribution in [1.82, 2.24) is 9.55 Å². The molecule has 1 aliphatic rings. The van der Waals surface area contributed by atoms with E-state index in [-0.39, 0.29) is 17.2 Å². The maximum atomic E-state index is 13.1. The molecule has 2 aromatic heterocycles. The number of thiophene rings is 1. The van der Waals surface area contributed by atoms with E-state index in [1.54, 1.807) is 11.9 Å². The standard InChI is InChI=1S/C25H23N3O3S2/c1-15-4-7-17(8-5-15)18-13-32-23-22(18)26-25(27(3)24(23)30)33-14-21(29)28-10-11-31-20-9-6-16(2)12-19(20)28/h4-9,12-13H,10-11,14H2,1-3H3. The molecule has 5 rings (SSSR count). The van der Waals surface area contributed by atoms with E-state index >= 15 is 0 Å². The first-order chi connectivity index (χ1) is 15.9. The third-order valence-electron chi connectivity index (χ3n) is 5.72. The van der Waals surface area contributed by atoms with Gasteiger partial charge in [-0.15, -0.1) is 11.3 Å². The minimum absolute atomic E-state index is 0.0337. The first kappa shape index (κ1) is 21.7. The number of carbonyl (C=O) groups excluding carboxylic acids is 1. The van der Waals surface area contributed by atoms with Gasteiger partial charge in [0, 0.05) is 18.0 Å². The maximum Gasteiger partial charge on any atom is 0.271 e. The van der Waals surface area contributed by atoms with Crippen LogP contribution in [0.5, 0.6) is 5.75 Å². The second-order valence-corrected chi connectivity index (χ2v) is 9.93. The highest BCUT2D eigenvalue weighted by Gasteiger charge is 2.24. The molecular formula is C25H23N3O3S2. The molecule has 0 fully saturated rings. The number of hydrogen-bond donors (Lipinski definition) is 0. The Balaban J connectivity index is 1.44. The summed E-state index contributed by atoms with van der Waals surface area (Å²) in [7, 11) is 1.71. The summed E-state index contributed by atoms with van der Waals surface area (Å²) < 4.78 is 7.86. The molecule has 1 amide bonds. The number of nitrogens with zero attached hydrogens (tertiary/aromatic N) is 3. The van der Waals surface area contributed by atoms with Crippen LogP contribution < -0.4 is 15.2 Å². The van der Waals surface area contributed by atoms with Gasteiger partial charge in [0.1, 0.15) is 17.1 Å². The summed E-state index contributed by atoms with van der Waals surface area (Å²) in [6.07, 6.45) is 0. The summed E-state index contributed by atoms with van der Waals surface area (Å²) in [6.45, 7) is 5.00. The van der Waals surface area contributed by atoms with E-state index in [9.17, 15) is 9.59 Å². The van der Waals surface area contributed by atoms with Gasteiger partial charge in [-0.2, -0.15) is 0 Å². The molecule has 0 unspecified atom stereocenters. The number of benzene rings is 2. The summed E-state index contributed by atoms with van der Waals surface area (Å²) in [5.74, 6) is 0.870. The first-order valence-corrected chi connectivity index (χ1v) is 12.5. The molecule has 1 aliphatic heterocycles. The van der Waals surface area contributed by atoms with Crippen molar-refractivity contribution in [2.75, 3.05) is 23.8 Å². The van der Waals surface area contributed by atoms with Crippen LogP contribution in [0.25, 0.3) is 21.3 Å². The predicted molar refractivity (Wildman–Crippen MR) is 135 cm³/mol. The summed E-state index contributed by atoms with van der Waals surface area (Å²) in [5.41, 5.74) is 5.61. The Labute approximate surface area is 199 Å². The maximum absolute atomic E-state index is 13.1. The van der Waals surface area contributed by atoms with Crippen molar-refractivity contribution in [3.8, 4) is 16.9 Å². The van der Waals surface area contributed by atoms with Gasteiger partial charge in [0.25, 0.3) is 5.56 Å². The predicted octanol–water partition coefficient (Wildman–Crippen LogP) is 4.80. The molecular weight excluding hydrogens is 454 g/mol. The highest BCUT2D eigenvalue weighted by atomic mass is 32.2. The minimum Gasteiger partial charge on any atom is -0.490 e. The molecule has 0 bridgehead atoms. The SMILES string of the molecule is Cc1ccc(-c2csc3c(=O)n(C)c(SCC(=O)N4CCOc5ccc(C)cc54)nc23)cc1. The third-order valence-corrected chi connectivity index (χ3v) is 7.70. The van der Waals surface area contributed by atoms with Gasteiger partial charge in [-0.05, 0) is 37.1 Å². The molecule has 0 spiro atoms. The van der Waals surface area contributed by atoms with E-state index in [0.717, 1.165) is 28.1 Å². The molecule has 0 atom stereocenters. The zero-order valence-corrected chi connectivity index (χ0v) is 20.3. The van der Waals surface area contributed by atoms with Crippen LogP contribution in [0.4, 0.5) is 5.69 Å². The van der Waals surface area contributed by atoms with Crippen molar-refractivity contribution in [2.45, 2.75) is 19.0 Å².